The number of nitrogens with zero attached hydrogens (tertiary/aromatic N) is 2. The number of carbonyl (C=O) groups is 2. The lowest BCUT2D eigenvalue weighted by Crippen LogP contribution is -2.48. The molecule has 8 nitrogen and oxygen atoms in total. The smallest absolute Gasteiger partial charge is 0.330 e. The Morgan fingerprint density at radius 1 is 1.26 bits per heavy atom. The molecule has 0 amide bonds. The number of esters is 2. The summed E-state index contributed by atoms with van der Waals surface area (Å²) in [6, 6.07) is 5.16. The Balaban J connectivity index is 1.94. The van der Waals surface area contributed by atoms with Crippen LogP contribution in [0.15, 0.2) is 40.2 Å². The van der Waals surface area contributed by atoms with Gasteiger partial charge in [0, 0.05) is 19.9 Å². The number of aliphatic imine (C=N–C) groups is 1. The van der Waals surface area contributed by atoms with Crippen molar-refractivity contribution in [2.75, 3.05) is 13.4 Å². The predicted octanol–water partition coefficient (Wildman–Crippen LogP) is 3.20. The van der Waals surface area contributed by atoms with Gasteiger partial charge in [-0.15, -0.1) is 11.8 Å². The van der Waals surface area contributed by atoms with E-state index in [-0.39, 0.29) is 5.04 Å². The summed E-state index contributed by atoms with van der Waals surface area (Å²) in [6.45, 7) is 3.00. The molecule has 0 unspecified atom stereocenters. The van der Waals surface area contributed by atoms with Crippen LogP contribution in [-0.4, -0.2) is 41.1 Å². The molecular weight excluding hydrogens is 372 g/mol. The van der Waals surface area contributed by atoms with Gasteiger partial charge in [-0.25, -0.2) is 9.98 Å². The van der Waals surface area contributed by atoms with Gasteiger partial charge in [-0.3, -0.25) is 9.59 Å². The third-order valence-corrected chi connectivity index (χ3v) is 4.49. The van der Waals surface area contributed by atoms with Gasteiger partial charge >= 0.3 is 11.9 Å². The van der Waals surface area contributed by atoms with E-state index in [4.69, 9.17) is 18.6 Å². The van der Waals surface area contributed by atoms with Crippen molar-refractivity contribution in [1.29, 1.82) is 0 Å². The van der Waals surface area contributed by atoms with Crippen LogP contribution in [0.2, 0.25) is 0 Å². The number of hydrogen-bond acceptors (Lipinski definition) is 9. The molecule has 1 aromatic heterocycles. The maximum atomic E-state index is 12.3. The minimum absolute atomic E-state index is 0.273. The summed E-state index contributed by atoms with van der Waals surface area (Å²) in [5.41, 5.74) is 1.21. The van der Waals surface area contributed by atoms with Crippen LogP contribution < -0.4 is 4.74 Å². The third-order valence-electron chi connectivity index (χ3n) is 3.74. The number of aromatic nitrogens is 1. The topological polar surface area (TPSA) is 100 Å². The molecule has 1 aliphatic heterocycles. The van der Waals surface area contributed by atoms with Crippen LogP contribution in [0.3, 0.4) is 0 Å². The van der Waals surface area contributed by atoms with Gasteiger partial charge in [0.1, 0.15) is 5.75 Å². The maximum Gasteiger partial charge on any atom is 0.330 e. The Bertz CT molecular complexity index is 871. The molecule has 3 rings (SSSR count). The SMILES string of the molecule is COc1cc(N=C(SC)C2C(=O)OC(C)(C)OC2=O)ccc1-c1cnco1. The first kappa shape index (κ1) is 19.0. The summed E-state index contributed by atoms with van der Waals surface area (Å²) in [5, 5.41) is 0.273. The number of ether oxygens (including phenoxy) is 3. The molecule has 1 fully saturated rings. The minimum Gasteiger partial charge on any atom is -0.496 e. The van der Waals surface area contributed by atoms with Gasteiger partial charge in [0.2, 0.25) is 5.92 Å². The summed E-state index contributed by atoms with van der Waals surface area (Å²) in [4.78, 5) is 32.9. The highest BCUT2D eigenvalue weighted by molar-refractivity contribution is 8.13. The van der Waals surface area contributed by atoms with Gasteiger partial charge < -0.3 is 18.6 Å². The molecule has 0 bridgehead atoms. The van der Waals surface area contributed by atoms with Gasteiger partial charge in [0.25, 0.3) is 5.79 Å². The first-order valence-electron chi connectivity index (χ1n) is 8.00. The van der Waals surface area contributed by atoms with E-state index in [0.29, 0.717) is 22.8 Å². The van der Waals surface area contributed by atoms with Crippen molar-refractivity contribution in [2.45, 2.75) is 19.6 Å². The van der Waals surface area contributed by atoms with E-state index in [0.717, 1.165) is 0 Å². The van der Waals surface area contributed by atoms with Crippen LogP contribution in [0.5, 0.6) is 5.75 Å². The Morgan fingerprint density at radius 3 is 2.52 bits per heavy atom. The number of cyclic esters (lactones) is 2. The Kier molecular flexibility index (Phi) is 5.22. The van der Waals surface area contributed by atoms with E-state index in [9.17, 15) is 9.59 Å². The fourth-order valence-corrected chi connectivity index (χ4v) is 3.20. The first-order chi connectivity index (χ1) is 12.8. The summed E-state index contributed by atoms with van der Waals surface area (Å²) < 4.78 is 21.0. The standard InChI is InChI=1S/C18H18N2O6S/c1-18(2)25-16(21)14(17(22)26-18)15(27-4)20-10-5-6-11(12(7-10)23-3)13-8-19-9-24-13/h5-9,14H,1-4H3. The van der Waals surface area contributed by atoms with Crippen LogP contribution in [0.1, 0.15) is 13.8 Å². The number of methoxy groups -OCH3 is 1. The van der Waals surface area contributed by atoms with Crippen LogP contribution in [0.4, 0.5) is 5.69 Å². The van der Waals surface area contributed by atoms with Gasteiger partial charge in [-0.05, 0) is 18.4 Å². The predicted molar refractivity (Wildman–Crippen MR) is 98.9 cm³/mol. The highest BCUT2D eigenvalue weighted by Gasteiger charge is 2.45. The second kappa shape index (κ2) is 7.43. The molecule has 0 atom stereocenters. The zero-order chi connectivity index (χ0) is 19.6. The van der Waals surface area contributed by atoms with Crippen molar-refractivity contribution < 1.29 is 28.2 Å². The fourth-order valence-electron chi connectivity index (χ4n) is 2.58. The van der Waals surface area contributed by atoms with Crippen LogP contribution in [0.25, 0.3) is 11.3 Å². The number of hydrogen-bond donors (Lipinski definition) is 0. The molecule has 142 valence electrons. The summed E-state index contributed by atoms with van der Waals surface area (Å²) in [5.74, 6) is -2.80. The summed E-state index contributed by atoms with van der Waals surface area (Å²) in [6.07, 6.45) is 4.62. The molecule has 1 aliphatic rings. The molecule has 27 heavy (non-hydrogen) atoms. The normalized spacial score (nSPS) is 17.4. The molecule has 0 spiro atoms. The highest BCUT2D eigenvalue weighted by atomic mass is 32.2. The van der Waals surface area contributed by atoms with E-state index >= 15 is 0 Å². The van der Waals surface area contributed by atoms with E-state index < -0.39 is 23.6 Å². The molecule has 0 saturated carbocycles. The molecule has 2 heterocycles. The van der Waals surface area contributed by atoms with Crippen LogP contribution in [-0.2, 0) is 19.1 Å². The van der Waals surface area contributed by atoms with E-state index in [1.165, 1.54) is 39.1 Å². The molecule has 1 saturated heterocycles. The fraction of sp³-hybridized carbons (Fsp3) is 0.333. The van der Waals surface area contributed by atoms with Crippen molar-refractivity contribution in [3.05, 3.63) is 30.8 Å². The lowest BCUT2D eigenvalue weighted by Gasteiger charge is -2.32. The average molecular weight is 390 g/mol. The monoisotopic (exact) mass is 390 g/mol. The summed E-state index contributed by atoms with van der Waals surface area (Å²) in [7, 11) is 1.52. The van der Waals surface area contributed by atoms with E-state index in [1.807, 2.05) is 0 Å². The lowest BCUT2D eigenvalue weighted by molar-refractivity contribution is -0.235. The molecular formula is C18H18N2O6S. The van der Waals surface area contributed by atoms with E-state index in [2.05, 4.69) is 9.98 Å². The minimum atomic E-state index is -1.28. The van der Waals surface area contributed by atoms with Crippen molar-refractivity contribution in [1.82, 2.24) is 4.98 Å². The Morgan fingerprint density at radius 2 is 1.96 bits per heavy atom. The molecule has 0 aliphatic carbocycles. The number of carbonyl (C=O) groups excluding carboxylic acids is 2. The van der Waals surface area contributed by atoms with Gasteiger partial charge in [0.15, 0.2) is 12.2 Å². The van der Waals surface area contributed by atoms with Gasteiger partial charge in [0.05, 0.1) is 29.6 Å². The number of rotatable bonds is 4. The number of oxazole rings is 1. The van der Waals surface area contributed by atoms with Crippen LogP contribution in [0, 0.1) is 5.92 Å². The first-order valence-corrected chi connectivity index (χ1v) is 9.22. The Hall–Kier alpha value is -2.81. The third kappa shape index (κ3) is 3.97. The number of benzene rings is 1. The van der Waals surface area contributed by atoms with E-state index in [1.54, 1.807) is 30.7 Å². The van der Waals surface area contributed by atoms with Crippen molar-refractivity contribution >= 4 is 34.4 Å². The molecule has 0 N–H and O–H groups in total. The van der Waals surface area contributed by atoms with Gasteiger partial charge in [-0.1, -0.05) is 0 Å². The Labute approximate surface area is 159 Å². The summed E-state index contributed by atoms with van der Waals surface area (Å²) >= 11 is 1.17. The second-order valence-corrected chi connectivity index (χ2v) is 6.91. The van der Waals surface area contributed by atoms with Gasteiger partial charge in [-0.2, -0.15) is 0 Å². The second-order valence-electron chi connectivity index (χ2n) is 6.08. The maximum absolute atomic E-state index is 12.3. The number of thioether (sulfide) groups is 1. The lowest BCUT2D eigenvalue weighted by atomic mass is 10.1. The van der Waals surface area contributed by atoms with Crippen molar-refractivity contribution in [3.8, 4) is 17.1 Å². The van der Waals surface area contributed by atoms with Crippen molar-refractivity contribution in [3.63, 3.8) is 0 Å². The quantitative estimate of drug-likeness (QED) is 0.340. The largest absolute Gasteiger partial charge is 0.496 e. The highest BCUT2D eigenvalue weighted by Crippen LogP contribution is 2.34. The molecule has 9 heteroatoms. The zero-order valence-electron chi connectivity index (χ0n) is 15.2. The average Bonchev–Trinajstić information content (AvgIpc) is 3.13. The molecule has 1 aromatic carbocycles. The molecule has 2 aromatic rings. The molecule has 0 radical (unpaired) electrons. The zero-order valence-corrected chi connectivity index (χ0v) is 16.0. The van der Waals surface area contributed by atoms with Crippen molar-refractivity contribution in [2.24, 2.45) is 10.9 Å². The van der Waals surface area contributed by atoms with Crippen LogP contribution >= 0.6 is 11.8 Å².